The molecule has 3 aromatic heterocycles. The van der Waals surface area contributed by atoms with Crippen molar-refractivity contribution in [2.75, 3.05) is 11.4 Å². The highest BCUT2D eigenvalue weighted by Gasteiger charge is 2.46. The zero-order chi connectivity index (χ0) is 21.4. The minimum atomic E-state index is -0.0898. The Balaban J connectivity index is 1.51. The Morgan fingerprint density at radius 1 is 1.29 bits per heavy atom. The standard InChI is InChI=1S/C22H24ClN7O/c1-3-29-10-14-15(27-29)6-5-12(18(14)23)13-8-25-20-17(13)21(31)28(2)22(26-20)30-9-11-4-7-16(30)19(11)24/h5-6,8,10-11,16,19,25H,3-4,7,9,24H2,1-2H3/t11-,16-,19-/m1/s1. The van der Waals surface area contributed by atoms with Crippen LogP contribution in [0.1, 0.15) is 19.8 Å². The summed E-state index contributed by atoms with van der Waals surface area (Å²) in [4.78, 5) is 23.7. The first-order chi connectivity index (χ1) is 15.0. The SMILES string of the molecule is CCn1cc2c(Cl)c(-c3c[nH]c4nc(N5C[C@H]6CC[C@@H]5[C@@H]6N)n(C)c(=O)c34)ccc2n1. The van der Waals surface area contributed by atoms with Crippen LogP contribution in [0, 0.1) is 5.92 Å². The molecular formula is C22H24ClN7O. The van der Waals surface area contributed by atoms with Crippen molar-refractivity contribution in [2.24, 2.45) is 18.7 Å². The van der Waals surface area contributed by atoms with Crippen LogP contribution in [0.2, 0.25) is 5.02 Å². The van der Waals surface area contributed by atoms with Gasteiger partial charge in [0.15, 0.2) is 0 Å². The fraction of sp³-hybridized carbons (Fsp3) is 0.409. The molecule has 1 saturated heterocycles. The van der Waals surface area contributed by atoms with Crippen molar-refractivity contribution in [3.05, 3.63) is 39.9 Å². The molecule has 1 aliphatic heterocycles. The summed E-state index contributed by atoms with van der Waals surface area (Å²) < 4.78 is 3.51. The number of nitrogens with one attached hydrogen (secondary N) is 1. The Morgan fingerprint density at radius 2 is 2.13 bits per heavy atom. The molecule has 0 amide bonds. The molecule has 31 heavy (non-hydrogen) atoms. The normalized spacial score (nSPS) is 23.0. The number of benzene rings is 1. The van der Waals surface area contributed by atoms with Crippen molar-refractivity contribution in [3.63, 3.8) is 0 Å². The van der Waals surface area contributed by atoms with E-state index in [4.69, 9.17) is 22.3 Å². The number of hydrogen-bond donors (Lipinski definition) is 2. The second-order valence-corrected chi connectivity index (χ2v) is 9.06. The summed E-state index contributed by atoms with van der Waals surface area (Å²) in [5, 5.41) is 6.53. The van der Waals surface area contributed by atoms with E-state index in [1.807, 2.05) is 36.1 Å². The molecular weight excluding hydrogens is 414 g/mol. The van der Waals surface area contributed by atoms with Crippen molar-refractivity contribution < 1.29 is 0 Å². The number of fused-ring (bicyclic) bond motifs is 4. The number of anilines is 1. The third kappa shape index (κ3) is 2.55. The van der Waals surface area contributed by atoms with Gasteiger partial charge in [-0.1, -0.05) is 17.7 Å². The van der Waals surface area contributed by atoms with Gasteiger partial charge in [-0.3, -0.25) is 14.0 Å². The van der Waals surface area contributed by atoms with Crippen LogP contribution >= 0.6 is 11.6 Å². The van der Waals surface area contributed by atoms with Gasteiger partial charge in [0.1, 0.15) is 5.65 Å². The van der Waals surface area contributed by atoms with Crippen molar-refractivity contribution in [1.29, 1.82) is 0 Å². The number of nitrogens with two attached hydrogens (primary N) is 1. The molecule has 6 rings (SSSR count). The number of rotatable bonds is 3. The van der Waals surface area contributed by atoms with E-state index >= 15 is 0 Å². The fourth-order valence-electron chi connectivity index (χ4n) is 5.38. The summed E-state index contributed by atoms with van der Waals surface area (Å²) in [6, 6.07) is 4.27. The highest BCUT2D eigenvalue weighted by molar-refractivity contribution is 6.38. The molecule has 0 spiro atoms. The Morgan fingerprint density at radius 3 is 2.84 bits per heavy atom. The predicted octanol–water partition coefficient (Wildman–Crippen LogP) is 2.88. The lowest BCUT2D eigenvalue weighted by molar-refractivity contribution is 0.530. The zero-order valence-corrected chi connectivity index (χ0v) is 18.2. The molecule has 2 aliphatic rings. The third-order valence-electron chi connectivity index (χ3n) is 7.09. The van der Waals surface area contributed by atoms with Crippen molar-refractivity contribution in [3.8, 4) is 11.1 Å². The third-order valence-corrected chi connectivity index (χ3v) is 7.49. The molecule has 4 aromatic rings. The maximum Gasteiger partial charge on any atom is 0.264 e. The van der Waals surface area contributed by atoms with Crippen LogP contribution in [0.3, 0.4) is 0 Å². The molecule has 8 nitrogen and oxygen atoms in total. The quantitative estimate of drug-likeness (QED) is 0.513. The second kappa shape index (κ2) is 6.58. The van der Waals surface area contributed by atoms with E-state index in [1.54, 1.807) is 11.6 Å². The number of H-pyrrole nitrogens is 1. The molecule has 160 valence electrons. The van der Waals surface area contributed by atoms with Crippen LogP contribution in [-0.4, -0.2) is 42.9 Å². The van der Waals surface area contributed by atoms with Crippen molar-refractivity contribution in [1.82, 2.24) is 24.3 Å². The zero-order valence-electron chi connectivity index (χ0n) is 17.5. The molecule has 9 heteroatoms. The van der Waals surface area contributed by atoms with E-state index in [2.05, 4.69) is 15.0 Å². The number of piperidine rings is 1. The van der Waals surface area contributed by atoms with Crippen LogP contribution in [0.4, 0.5) is 5.95 Å². The van der Waals surface area contributed by atoms with E-state index in [9.17, 15) is 4.79 Å². The van der Waals surface area contributed by atoms with E-state index < -0.39 is 0 Å². The Bertz CT molecular complexity index is 1400. The second-order valence-electron chi connectivity index (χ2n) is 8.68. The van der Waals surface area contributed by atoms with Crippen molar-refractivity contribution in [2.45, 2.75) is 38.4 Å². The summed E-state index contributed by atoms with van der Waals surface area (Å²) in [5.74, 6) is 1.16. The topological polar surface area (TPSA) is 97.8 Å². The minimum absolute atomic E-state index is 0.0898. The summed E-state index contributed by atoms with van der Waals surface area (Å²) in [7, 11) is 1.79. The fourth-order valence-corrected chi connectivity index (χ4v) is 5.69. The minimum Gasteiger partial charge on any atom is -0.345 e. The molecule has 1 saturated carbocycles. The lowest BCUT2D eigenvalue weighted by Gasteiger charge is -2.29. The molecule has 3 atom stereocenters. The van der Waals surface area contributed by atoms with Crippen LogP contribution in [0.15, 0.2) is 29.3 Å². The summed E-state index contributed by atoms with van der Waals surface area (Å²) in [6.07, 6.45) is 5.97. The van der Waals surface area contributed by atoms with Gasteiger partial charge in [-0.2, -0.15) is 10.1 Å². The van der Waals surface area contributed by atoms with E-state index in [1.165, 1.54) is 0 Å². The number of nitrogens with zero attached hydrogens (tertiary/aromatic N) is 5. The highest BCUT2D eigenvalue weighted by atomic mass is 35.5. The Hall–Kier alpha value is -2.84. The molecule has 3 N–H and O–H groups in total. The Labute approximate surface area is 183 Å². The highest BCUT2D eigenvalue weighted by Crippen LogP contribution is 2.40. The molecule has 2 bridgehead atoms. The first-order valence-corrected chi connectivity index (χ1v) is 11.1. The first kappa shape index (κ1) is 18.9. The number of aromatic nitrogens is 5. The lowest BCUT2D eigenvalue weighted by atomic mass is 10.0. The van der Waals surface area contributed by atoms with E-state index in [0.29, 0.717) is 27.9 Å². The van der Waals surface area contributed by atoms with Gasteiger partial charge in [0.05, 0.1) is 15.9 Å². The summed E-state index contributed by atoms with van der Waals surface area (Å²) in [5.41, 5.74) is 9.25. The van der Waals surface area contributed by atoms with Crippen LogP contribution in [-0.2, 0) is 13.6 Å². The number of aryl methyl sites for hydroxylation is 1. The van der Waals surface area contributed by atoms with Gasteiger partial charge < -0.3 is 15.6 Å². The maximum atomic E-state index is 13.5. The van der Waals surface area contributed by atoms with Gasteiger partial charge in [0.25, 0.3) is 5.56 Å². The maximum absolute atomic E-state index is 13.5. The number of hydrogen-bond acceptors (Lipinski definition) is 5. The molecule has 2 fully saturated rings. The monoisotopic (exact) mass is 437 g/mol. The largest absolute Gasteiger partial charge is 0.345 e. The molecule has 1 aliphatic carbocycles. The molecule has 4 heterocycles. The van der Waals surface area contributed by atoms with Gasteiger partial charge in [-0.25, -0.2) is 0 Å². The average molecular weight is 438 g/mol. The molecule has 0 radical (unpaired) electrons. The van der Waals surface area contributed by atoms with Crippen molar-refractivity contribution >= 4 is 39.5 Å². The van der Waals surface area contributed by atoms with Gasteiger partial charge in [-0.15, -0.1) is 0 Å². The predicted molar refractivity (Wildman–Crippen MR) is 123 cm³/mol. The van der Waals surface area contributed by atoms with Gasteiger partial charge in [0.2, 0.25) is 5.95 Å². The molecule has 1 aromatic carbocycles. The van der Waals surface area contributed by atoms with Crippen LogP contribution in [0.25, 0.3) is 33.1 Å². The molecule has 0 unspecified atom stereocenters. The number of halogens is 1. The lowest BCUT2D eigenvalue weighted by Crippen LogP contribution is -2.40. The Kier molecular flexibility index (Phi) is 4.01. The first-order valence-electron chi connectivity index (χ1n) is 10.7. The van der Waals surface area contributed by atoms with E-state index in [0.717, 1.165) is 48.0 Å². The number of aromatic amines is 1. The van der Waals surface area contributed by atoms with Gasteiger partial charge >= 0.3 is 0 Å². The summed E-state index contributed by atoms with van der Waals surface area (Å²) >= 11 is 6.77. The van der Waals surface area contributed by atoms with Crippen LogP contribution in [0.5, 0.6) is 0 Å². The average Bonchev–Trinajstić information content (AvgIpc) is 3.53. The van der Waals surface area contributed by atoms with Gasteiger partial charge in [0, 0.05) is 61.1 Å². The van der Waals surface area contributed by atoms with Crippen LogP contribution < -0.4 is 16.2 Å². The smallest absolute Gasteiger partial charge is 0.264 e. The van der Waals surface area contributed by atoms with Gasteiger partial charge in [-0.05, 0) is 31.7 Å². The van der Waals surface area contributed by atoms with E-state index in [-0.39, 0.29) is 17.6 Å². The summed E-state index contributed by atoms with van der Waals surface area (Å²) in [6.45, 7) is 3.66.